The summed E-state index contributed by atoms with van der Waals surface area (Å²) in [5.41, 5.74) is 1.88. The van der Waals surface area contributed by atoms with Gasteiger partial charge in [0, 0.05) is 26.6 Å². The van der Waals surface area contributed by atoms with Crippen molar-refractivity contribution >= 4 is 23.6 Å². The van der Waals surface area contributed by atoms with Gasteiger partial charge in [-0.25, -0.2) is 0 Å². The molecule has 0 aliphatic carbocycles. The van der Waals surface area contributed by atoms with Gasteiger partial charge in [0.05, 0.1) is 11.1 Å². The molecule has 0 unspecified atom stereocenters. The molecule has 2 aromatic carbocycles. The summed E-state index contributed by atoms with van der Waals surface area (Å²) in [7, 11) is 1.54. The zero-order chi connectivity index (χ0) is 22.4. The molecule has 1 heterocycles. The number of fused-ring (bicyclic) bond motifs is 1. The molecule has 1 atom stereocenters. The van der Waals surface area contributed by atoms with Crippen molar-refractivity contribution in [3.05, 3.63) is 71.3 Å². The summed E-state index contributed by atoms with van der Waals surface area (Å²) in [6.07, 6.45) is 1.11. The molecular weight excluding hydrogens is 394 g/mol. The van der Waals surface area contributed by atoms with E-state index < -0.39 is 6.04 Å². The van der Waals surface area contributed by atoms with E-state index in [1.54, 1.807) is 43.1 Å². The lowest BCUT2D eigenvalue weighted by Crippen LogP contribution is -2.48. The maximum absolute atomic E-state index is 12.9. The van der Waals surface area contributed by atoms with Gasteiger partial charge in [0.15, 0.2) is 0 Å². The lowest BCUT2D eigenvalue weighted by Gasteiger charge is -2.28. The highest BCUT2D eigenvalue weighted by molar-refractivity contribution is 6.21. The molecule has 162 valence electrons. The quantitative estimate of drug-likeness (QED) is 0.630. The van der Waals surface area contributed by atoms with Gasteiger partial charge in [-0.15, -0.1) is 0 Å². The minimum absolute atomic E-state index is 0.142. The standard InChI is InChI=1S/C24H27N3O4/c1-17(22(29)25-2)26(16-14-18-9-4-3-5-10-18)21(28)13-8-15-27-23(30)19-11-6-7-12-20(19)24(27)31/h3-7,9-12,17H,8,13-16H2,1-2H3,(H,25,29)/t17-/m0/s1. The van der Waals surface area contributed by atoms with Gasteiger partial charge in [0.25, 0.3) is 11.8 Å². The minimum Gasteiger partial charge on any atom is -0.357 e. The second kappa shape index (κ2) is 10.0. The molecule has 1 aliphatic rings. The summed E-state index contributed by atoms with van der Waals surface area (Å²) in [6.45, 7) is 2.27. The van der Waals surface area contributed by atoms with Crippen LogP contribution in [0.2, 0.25) is 0 Å². The average molecular weight is 421 g/mol. The van der Waals surface area contributed by atoms with Gasteiger partial charge in [-0.05, 0) is 37.5 Å². The zero-order valence-corrected chi connectivity index (χ0v) is 17.8. The molecule has 1 N–H and O–H groups in total. The third-order valence-electron chi connectivity index (χ3n) is 5.55. The van der Waals surface area contributed by atoms with Gasteiger partial charge in [-0.3, -0.25) is 24.1 Å². The summed E-state index contributed by atoms with van der Waals surface area (Å²) < 4.78 is 0. The lowest BCUT2D eigenvalue weighted by molar-refractivity contribution is -0.139. The number of likely N-dealkylation sites (N-methyl/N-ethyl adjacent to an activating group) is 1. The maximum atomic E-state index is 12.9. The summed E-state index contributed by atoms with van der Waals surface area (Å²) in [5, 5.41) is 2.59. The van der Waals surface area contributed by atoms with Crippen molar-refractivity contribution in [3.63, 3.8) is 0 Å². The van der Waals surface area contributed by atoms with Crippen LogP contribution in [0.4, 0.5) is 0 Å². The summed E-state index contributed by atoms with van der Waals surface area (Å²) in [6, 6.07) is 15.9. The Morgan fingerprint density at radius 3 is 2.13 bits per heavy atom. The topological polar surface area (TPSA) is 86.8 Å². The first-order chi connectivity index (χ1) is 14.9. The minimum atomic E-state index is -0.611. The molecule has 0 aromatic heterocycles. The maximum Gasteiger partial charge on any atom is 0.261 e. The van der Waals surface area contributed by atoms with Crippen molar-refractivity contribution in [2.45, 2.75) is 32.2 Å². The van der Waals surface area contributed by atoms with E-state index in [2.05, 4.69) is 5.32 Å². The molecule has 7 heteroatoms. The monoisotopic (exact) mass is 421 g/mol. The second-order valence-corrected chi connectivity index (χ2v) is 7.52. The number of nitrogens with zero attached hydrogens (tertiary/aromatic N) is 2. The fourth-order valence-electron chi connectivity index (χ4n) is 3.75. The van der Waals surface area contributed by atoms with Gasteiger partial charge in [-0.1, -0.05) is 42.5 Å². The Bertz CT molecular complexity index is 939. The van der Waals surface area contributed by atoms with Crippen LogP contribution in [0, 0.1) is 0 Å². The normalized spacial score (nSPS) is 13.7. The van der Waals surface area contributed by atoms with Crippen LogP contribution in [-0.2, 0) is 16.0 Å². The third-order valence-corrected chi connectivity index (χ3v) is 5.55. The predicted molar refractivity (Wildman–Crippen MR) is 116 cm³/mol. The van der Waals surface area contributed by atoms with E-state index >= 15 is 0 Å². The summed E-state index contributed by atoms with van der Waals surface area (Å²) >= 11 is 0. The van der Waals surface area contributed by atoms with E-state index in [4.69, 9.17) is 0 Å². The molecule has 7 nitrogen and oxygen atoms in total. The molecular formula is C24H27N3O4. The predicted octanol–water partition coefficient (Wildman–Crippen LogP) is 2.27. The van der Waals surface area contributed by atoms with Crippen LogP contribution in [0.25, 0.3) is 0 Å². The van der Waals surface area contributed by atoms with Crippen LogP contribution >= 0.6 is 0 Å². The van der Waals surface area contributed by atoms with Gasteiger partial charge in [0.2, 0.25) is 11.8 Å². The number of imide groups is 1. The fraction of sp³-hybridized carbons (Fsp3) is 0.333. The highest BCUT2D eigenvalue weighted by atomic mass is 16.2. The molecule has 1 aliphatic heterocycles. The van der Waals surface area contributed by atoms with Crippen LogP contribution in [0.3, 0.4) is 0 Å². The largest absolute Gasteiger partial charge is 0.357 e. The molecule has 4 amide bonds. The molecule has 3 rings (SSSR count). The van der Waals surface area contributed by atoms with Crippen LogP contribution < -0.4 is 5.32 Å². The Hall–Kier alpha value is -3.48. The Morgan fingerprint density at radius 1 is 0.968 bits per heavy atom. The van der Waals surface area contributed by atoms with Crippen molar-refractivity contribution in [1.82, 2.24) is 15.1 Å². The SMILES string of the molecule is CNC(=O)[C@H](C)N(CCc1ccccc1)C(=O)CCCN1C(=O)c2ccccc2C1=O. The third kappa shape index (κ3) is 4.99. The van der Waals surface area contributed by atoms with Gasteiger partial charge in [-0.2, -0.15) is 0 Å². The number of hydrogen-bond acceptors (Lipinski definition) is 4. The van der Waals surface area contributed by atoms with Gasteiger partial charge in [0.1, 0.15) is 6.04 Å². The lowest BCUT2D eigenvalue weighted by atomic mass is 10.1. The molecule has 0 saturated carbocycles. The number of benzene rings is 2. The van der Waals surface area contributed by atoms with Crippen LogP contribution in [0.5, 0.6) is 0 Å². The van der Waals surface area contributed by atoms with Gasteiger partial charge < -0.3 is 10.2 Å². The number of nitrogens with one attached hydrogen (secondary N) is 1. The molecule has 0 spiro atoms. The number of carbonyl (C=O) groups is 4. The smallest absolute Gasteiger partial charge is 0.261 e. The van der Waals surface area contributed by atoms with Crippen LogP contribution in [0.15, 0.2) is 54.6 Å². The molecule has 0 fully saturated rings. The summed E-state index contributed by atoms with van der Waals surface area (Å²) in [4.78, 5) is 52.8. The highest BCUT2D eigenvalue weighted by Gasteiger charge is 2.35. The summed E-state index contributed by atoms with van der Waals surface area (Å²) in [5.74, 6) is -1.06. The van der Waals surface area contributed by atoms with Crippen molar-refractivity contribution in [2.75, 3.05) is 20.1 Å². The highest BCUT2D eigenvalue weighted by Crippen LogP contribution is 2.22. The number of carbonyl (C=O) groups excluding carboxylic acids is 4. The number of hydrogen-bond donors (Lipinski definition) is 1. The van der Waals surface area contributed by atoms with Gasteiger partial charge >= 0.3 is 0 Å². The van der Waals surface area contributed by atoms with Crippen molar-refractivity contribution in [1.29, 1.82) is 0 Å². The second-order valence-electron chi connectivity index (χ2n) is 7.52. The Morgan fingerprint density at radius 2 is 1.55 bits per heavy atom. The number of rotatable bonds is 9. The van der Waals surface area contributed by atoms with E-state index in [0.717, 1.165) is 5.56 Å². The first-order valence-corrected chi connectivity index (χ1v) is 10.4. The van der Waals surface area contributed by atoms with Crippen LogP contribution in [0.1, 0.15) is 46.0 Å². The zero-order valence-electron chi connectivity index (χ0n) is 17.8. The van der Waals surface area contributed by atoms with E-state index in [1.807, 2.05) is 30.3 Å². The van der Waals surface area contributed by atoms with Crippen molar-refractivity contribution < 1.29 is 19.2 Å². The van der Waals surface area contributed by atoms with Crippen molar-refractivity contribution in [2.24, 2.45) is 0 Å². The molecule has 31 heavy (non-hydrogen) atoms. The first kappa shape index (κ1) is 22.2. The van der Waals surface area contributed by atoms with E-state index in [0.29, 0.717) is 30.5 Å². The van der Waals surface area contributed by atoms with Crippen molar-refractivity contribution in [3.8, 4) is 0 Å². The average Bonchev–Trinajstić information content (AvgIpc) is 3.04. The Balaban J connectivity index is 1.60. The Kier molecular flexibility index (Phi) is 7.18. The molecule has 0 saturated heterocycles. The van der Waals surface area contributed by atoms with E-state index in [-0.39, 0.29) is 36.6 Å². The first-order valence-electron chi connectivity index (χ1n) is 10.4. The molecule has 0 radical (unpaired) electrons. The Labute approximate surface area is 182 Å². The molecule has 2 aromatic rings. The van der Waals surface area contributed by atoms with E-state index in [9.17, 15) is 19.2 Å². The van der Waals surface area contributed by atoms with Crippen LogP contribution in [-0.4, -0.2) is 59.6 Å². The van der Waals surface area contributed by atoms with E-state index in [1.165, 1.54) is 4.90 Å². The fourth-order valence-corrected chi connectivity index (χ4v) is 3.75. The molecule has 0 bridgehead atoms. The number of amides is 4.